The van der Waals surface area contributed by atoms with Crippen LogP contribution in [0, 0.1) is 11.3 Å². The van der Waals surface area contributed by atoms with E-state index in [4.69, 9.17) is 5.26 Å². The van der Waals surface area contributed by atoms with Crippen molar-refractivity contribution in [3.63, 3.8) is 0 Å². The smallest absolute Gasteiger partial charge is 0.0992 e. The predicted molar refractivity (Wildman–Crippen MR) is 81.4 cm³/mol. The van der Waals surface area contributed by atoms with Crippen molar-refractivity contribution < 1.29 is 0 Å². The molecule has 0 amide bonds. The molecule has 0 aliphatic heterocycles. The molecule has 0 saturated carbocycles. The summed E-state index contributed by atoms with van der Waals surface area (Å²) in [6.45, 7) is 0. The van der Waals surface area contributed by atoms with Crippen LogP contribution in [0.15, 0.2) is 65.5 Å². The lowest BCUT2D eigenvalue weighted by Crippen LogP contribution is -1.91. The molecule has 3 rings (SSSR count). The Kier molecular flexibility index (Phi) is 3.36. The van der Waals surface area contributed by atoms with Crippen molar-refractivity contribution in [2.24, 2.45) is 0 Å². The van der Waals surface area contributed by atoms with Gasteiger partial charge in [-0.1, -0.05) is 22.0 Å². The molecule has 0 N–H and O–H groups in total. The van der Waals surface area contributed by atoms with Crippen molar-refractivity contribution in [3.05, 3.63) is 71.1 Å². The maximum atomic E-state index is 9.03. The van der Waals surface area contributed by atoms with Gasteiger partial charge in [0, 0.05) is 34.3 Å². The van der Waals surface area contributed by atoms with Crippen LogP contribution in [0.1, 0.15) is 5.56 Å². The standard InChI is InChI=1S/C16H10BrN3/c17-14-7-12(10-18)8-15(9-14)20-6-4-13(11-20)16-3-1-2-5-19-16/h1-9,11H. The lowest BCUT2D eigenvalue weighted by molar-refractivity contribution is 1.08. The zero-order valence-electron chi connectivity index (χ0n) is 10.5. The highest BCUT2D eigenvalue weighted by molar-refractivity contribution is 9.10. The zero-order valence-corrected chi connectivity index (χ0v) is 12.1. The molecule has 0 saturated heterocycles. The van der Waals surface area contributed by atoms with E-state index in [-0.39, 0.29) is 0 Å². The molecule has 0 aliphatic rings. The maximum absolute atomic E-state index is 9.03. The minimum Gasteiger partial charge on any atom is -0.323 e. The molecule has 0 bridgehead atoms. The molecule has 0 fully saturated rings. The Balaban J connectivity index is 2.03. The molecule has 0 spiro atoms. The van der Waals surface area contributed by atoms with Crippen LogP contribution in [0.3, 0.4) is 0 Å². The quantitative estimate of drug-likeness (QED) is 0.710. The van der Waals surface area contributed by atoms with Gasteiger partial charge in [-0.3, -0.25) is 4.98 Å². The molecule has 4 heteroatoms. The van der Waals surface area contributed by atoms with E-state index in [1.165, 1.54) is 0 Å². The molecule has 0 aliphatic carbocycles. The van der Waals surface area contributed by atoms with Gasteiger partial charge in [0.2, 0.25) is 0 Å². The van der Waals surface area contributed by atoms with Crippen molar-refractivity contribution in [3.8, 4) is 23.0 Å². The molecule has 2 aromatic heterocycles. The molecular formula is C16H10BrN3. The highest BCUT2D eigenvalue weighted by atomic mass is 79.9. The van der Waals surface area contributed by atoms with Gasteiger partial charge in [-0.05, 0) is 36.4 Å². The second-order valence-electron chi connectivity index (χ2n) is 4.33. The molecule has 0 atom stereocenters. The first-order valence-electron chi connectivity index (χ1n) is 6.07. The summed E-state index contributed by atoms with van der Waals surface area (Å²) in [5.41, 5.74) is 3.55. The number of pyridine rings is 1. The molecule has 2 heterocycles. The summed E-state index contributed by atoms with van der Waals surface area (Å²) < 4.78 is 2.87. The monoisotopic (exact) mass is 323 g/mol. The molecule has 0 unspecified atom stereocenters. The Morgan fingerprint density at radius 3 is 2.80 bits per heavy atom. The molecule has 96 valence electrons. The summed E-state index contributed by atoms with van der Waals surface area (Å²) in [5, 5.41) is 9.03. The highest BCUT2D eigenvalue weighted by Gasteiger charge is 2.04. The molecule has 3 nitrogen and oxygen atoms in total. The molecule has 0 radical (unpaired) electrons. The second-order valence-corrected chi connectivity index (χ2v) is 5.25. The van der Waals surface area contributed by atoms with Crippen LogP contribution in [0.5, 0.6) is 0 Å². The molecular weight excluding hydrogens is 314 g/mol. The van der Waals surface area contributed by atoms with Crippen LogP contribution in [-0.2, 0) is 0 Å². The number of hydrogen-bond acceptors (Lipinski definition) is 2. The summed E-state index contributed by atoms with van der Waals surface area (Å²) >= 11 is 3.43. The molecule has 3 aromatic rings. The Morgan fingerprint density at radius 2 is 2.05 bits per heavy atom. The second kappa shape index (κ2) is 5.32. The van der Waals surface area contributed by atoms with Gasteiger partial charge in [-0.25, -0.2) is 0 Å². The summed E-state index contributed by atoms with van der Waals surface area (Å²) in [5.74, 6) is 0. The number of benzene rings is 1. The van der Waals surface area contributed by atoms with E-state index in [0.717, 1.165) is 21.4 Å². The van der Waals surface area contributed by atoms with Crippen LogP contribution in [0.4, 0.5) is 0 Å². The van der Waals surface area contributed by atoms with Crippen LogP contribution < -0.4 is 0 Å². The SMILES string of the molecule is N#Cc1cc(Br)cc(-n2ccc(-c3ccccn3)c2)c1. The lowest BCUT2D eigenvalue weighted by atomic mass is 10.2. The number of aromatic nitrogens is 2. The first-order valence-corrected chi connectivity index (χ1v) is 6.86. The Labute approximate surface area is 125 Å². The Bertz CT molecular complexity index is 785. The first kappa shape index (κ1) is 12.6. The van der Waals surface area contributed by atoms with Gasteiger partial charge in [0.1, 0.15) is 0 Å². The van der Waals surface area contributed by atoms with Gasteiger partial charge >= 0.3 is 0 Å². The molecule has 1 aromatic carbocycles. The fraction of sp³-hybridized carbons (Fsp3) is 0. The van der Waals surface area contributed by atoms with Gasteiger partial charge in [0.25, 0.3) is 0 Å². The molecule has 20 heavy (non-hydrogen) atoms. The summed E-state index contributed by atoms with van der Waals surface area (Å²) in [6.07, 6.45) is 5.75. The van der Waals surface area contributed by atoms with Crippen molar-refractivity contribution in [2.75, 3.05) is 0 Å². The summed E-state index contributed by atoms with van der Waals surface area (Å²) in [7, 11) is 0. The average molecular weight is 324 g/mol. The van der Waals surface area contributed by atoms with Gasteiger partial charge in [0.15, 0.2) is 0 Å². The van der Waals surface area contributed by atoms with Crippen molar-refractivity contribution in [1.29, 1.82) is 5.26 Å². The van der Waals surface area contributed by atoms with Crippen molar-refractivity contribution in [1.82, 2.24) is 9.55 Å². The largest absolute Gasteiger partial charge is 0.323 e. The van der Waals surface area contributed by atoms with Gasteiger partial charge in [0.05, 0.1) is 17.3 Å². The van der Waals surface area contributed by atoms with E-state index in [0.29, 0.717) is 5.56 Å². The first-order chi connectivity index (χ1) is 9.76. The van der Waals surface area contributed by atoms with Crippen LogP contribution in [0.2, 0.25) is 0 Å². The Hall–Kier alpha value is -2.38. The highest BCUT2D eigenvalue weighted by Crippen LogP contribution is 2.22. The lowest BCUT2D eigenvalue weighted by Gasteiger charge is -2.04. The zero-order chi connectivity index (χ0) is 13.9. The van der Waals surface area contributed by atoms with Crippen LogP contribution >= 0.6 is 15.9 Å². The minimum atomic E-state index is 0.627. The van der Waals surface area contributed by atoms with E-state index in [9.17, 15) is 0 Å². The normalized spacial score (nSPS) is 10.2. The number of hydrogen-bond donors (Lipinski definition) is 0. The third-order valence-electron chi connectivity index (χ3n) is 2.96. The number of nitrogens with zero attached hydrogens (tertiary/aromatic N) is 3. The Morgan fingerprint density at radius 1 is 1.15 bits per heavy atom. The van der Waals surface area contributed by atoms with Crippen molar-refractivity contribution in [2.45, 2.75) is 0 Å². The third kappa shape index (κ3) is 2.49. The van der Waals surface area contributed by atoms with Gasteiger partial charge in [-0.15, -0.1) is 0 Å². The summed E-state index contributed by atoms with van der Waals surface area (Å²) in [4.78, 5) is 4.33. The maximum Gasteiger partial charge on any atom is 0.0992 e. The predicted octanol–water partition coefficient (Wildman–Crippen LogP) is 4.17. The van der Waals surface area contributed by atoms with Gasteiger partial charge in [-0.2, -0.15) is 5.26 Å². The number of nitriles is 1. The fourth-order valence-electron chi connectivity index (χ4n) is 2.03. The van der Waals surface area contributed by atoms with E-state index < -0.39 is 0 Å². The van der Waals surface area contributed by atoms with E-state index in [1.807, 2.05) is 53.4 Å². The van der Waals surface area contributed by atoms with E-state index in [2.05, 4.69) is 27.0 Å². The van der Waals surface area contributed by atoms with Crippen LogP contribution in [0.25, 0.3) is 16.9 Å². The van der Waals surface area contributed by atoms with Crippen molar-refractivity contribution >= 4 is 15.9 Å². The average Bonchev–Trinajstić information content (AvgIpc) is 2.97. The van der Waals surface area contributed by atoms with Crippen LogP contribution in [-0.4, -0.2) is 9.55 Å². The fourth-order valence-corrected chi connectivity index (χ4v) is 2.51. The third-order valence-corrected chi connectivity index (χ3v) is 3.42. The van der Waals surface area contributed by atoms with E-state index in [1.54, 1.807) is 12.3 Å². The minimum absolute atomic E-state index is 0.627. The van der Waals surface area contributed by atoms with E-state index >= 15 is 0 Å². The summed E-state index contributed by atoms with van der Waals surface area (Å²) in [6, 6.07) is 15.6. The topological polar surface area (TPSA) is 41.6 Å². The number of halogens is 1. The number of rotatable bonds is 2. The van der Waals surface area contributed by atoms with Gasteiger partial charge < -0.3 is 4.57 Å².